The van der Waals surface area contributed by atoms with Crippen LogP contribution in [0.25, 0.3) is 0 Å². The van der Waals surface area contributed by atoms with Gasteiger partial charge in [-0.1, -0.05) is 18.2 Å². The molecule has 1 unspecified atom stereocenters. The van der Waals surface area contributed by atoms with E-state index in [-0.39, 0.29) is 0 Å². The Morgan fingerprint density at radius 1 is 1.29 bits per heavy atom. The zero-order chi connectivity index (χ0) is 12.1. The Labute approximate surface area is 103 Å². The molecule has 0 saturated carbocycles. The van der Waals surface area contributed by atoms with E-state index in [4.69, 9.17) is 0 Å². The largest absolute Gasteiger partial charge is 0.508 e. The van der Waals surface area contributed by atoms with E-state index in [9.17, 15) is 5.11 Å². The minimum absolute atomic E-state index is 0.383. The van der Waals surface area contributed by atoms with Crippen LogP contribution in [0.2, 0.25) is 0 Å². The normalized spacial score (nSPS) is 18.4. The number of phenolic OH excluding ortho intramolecular Hbond substituents is 1. The van der Waals surface area contributed by atoms with E-state index in [2.05, 4.69) is 17.1 Å². The second-order valence-corrected chi connectivity index (χ2v) is 4.92. The molecular weight excluding hydrogens is 212 g/mol. The first-order valence-electron chi connectivity index (χ1n) is 6.48. The number of nitrogens with zero attached hydrogens (tertiary/aromatic N) is 1. The number of hydrogen-bond donors (Lipinski definition) is 2. The second kappa shape index (κ2) is 6.03. The fourth-order valence-corrected chi connectivity index (χ4v) is 2.36. The lowest BCUT2D eigenvalue weighted by atomic mass is 10.2. The van der Waals surface area contributed by atoms with E-state index in [1.165, 1.54) is 25.9 Å². The summed E-state index contributed by atoms with van der Waals surface area (Å²) in [4.78, 5) is 2.50. The van der Waals surface area contributed by atoms with E-state index >= 15 is 0 Å². The maximum atomic E-state index is 9.66. The number of rotatable bonds is 5. The van der Waals surface area contributed by atoms with Crippen LogP contribution in [-0.4, -0.2) is 35.7 Å². The molecule has 2 rings (SSSR count). The van der Waals surface area contributed by atoms with Gasteiger partial charge in [0.2, 0.25) is 0 Å². The Kier molecular flexibility index (Phi) is 4.40. The molecule has 0 radical (unpaired) electrons. The number of hydrogen-bond acceptors (Lipinski definition) is 3. The van der Waals surface area contributed by atoms with Crippen LogP contribution in [0.4, 0.5) is 0 Å². The smallest absolute Gasteiger partial charge is 0.120 e. The van der Waals surface area contributed by atoms with Crippen LogP contribution in [0, 0.1) is 0 Å². The highest BCUT2D eigenvalue weighted by atomic mass is 16.3. The molecule has 0 spiro atoms. The number of para-hydroxylation sites is 1. The minimum atomic E-state index is 0.383. The quantitative estimate of drug-likeness (QED) is 0.817. The Morgan fingerprint density at radius 3 is 2.71 bits per heavy atom. The molecule has 1 aliphatic heterocycles. The molecule has 1 aromatic rings. The molecule has 2 N–H and O–H groups in total. The van der Waals surface area contributed by atoms with Crippen molar-refractivity contribution in [3.63, 3.8) is 0 Å². The molecule has 17 heavy (non-hydrogen) atoms. The topological polar surface area (TPSA) is 35.5 Å². The predicted octanol–water partition coefficient (Wildman–Crippen LogP) is 1.97. The number of likely N-dealkylation sites (tertiary alicyclic amines) is 1. The average Bonchev–Trinajstić information content (AvgIpc) is 2.81. The lowest BCUT2D eigenvalue weighted by molar-refractivity contribution is 0.297. The summed E-state index contributed by atoms with van der Waals surface area (Å²) in [6.45, 7) is 6.53. The summed E-state index contributed by atoms with van der Waals surface area (Å²) in [5.41, 5.74) is 0.973. The number of phenols is 1. The maximum absolute atomic E-state index is 9.66. The number of nitrogens with one attached hydrogen (secondary N) is 1. The van der Waals surface area contributed by atoms with Gasteiger partial charge >= 0.3 is 0 Å². The van der Waals surface area contributed by atoms with E-state index in [1.54, 1.807) is 6.07 Å². The lowest BCUT2D eigenvalue weighted by Gasteiger charge is -2.21. The molecule has 0 aliphatic carbocycles. The van der Waals surface area contributed by atoms with Crippen LogP contribution >= 0.6 is 0 Å². The third kappa shape index (κ3) is 3.72. The molecule has 94 valence electrons. The van der Waals surface area contributed by atoms with E-state index in [0.29, 0.717) is 11.8 Å². The Hall–Kier alpha value is -1.06. The minimum Gasteiger partial charge on any atom is -0.508 e. The van der Waals surface area contributed by atoms with Crippen molar-refractivity contribution in [2.24, 2.45) is 0 Å². The number of benzene rings is 1. The molecule has 1 fully saturated rings. The van der Waals surface area contributed by atoms with Gasteiger partial charge < -0.3 is 15.3 Å². The SMILES string of the molecule is CC(CN1CCCC1)NCc1ccccc1O. The second-order valence-electron chi connectivity index (χ2n) is 4.92. The van der Waals surface area contributed by atoms with Crippen LogP contribution in [0.1, 0.15) is 25.3 Å². The van der Waals surface area contributed by atoms with Crippen LogP contribution < -0.4 is 5.32 Å². The summed E-state index contributed by atoms with van der Waals surface area (Å²) in [7, 11) is 0. The van der Waals surface area contributed by atoms with Crippen LogP contribution in [0.15, 0.2) is 24.3 Å². The molecule has 1 aromatic carbocycles. The number of aromatic hydroxyl groups is 1. The zero-order valence-electron chi connectivity index (χ0n) is 10.5. The van der Waals surface area contributed by atoms with Gasteiger partial charge in [-0.15, -0.1) is 0 Å². The van der Waals surface area contributed by atoms with Gasteiger partial charge in [-0.2, -0.15) is 0 Å². The molecule has 3 nitrogen and oxygen atoms in total. The van der Waals surface area contributed by atoms with Crippen LogP contribution in [0.5, 0.6) is 5.75 Å². The molecule has 0 amide bonds. The zero-order valence-corrected chi connectivity index (χ0v) is 10.5. The first-order chi connectivity index (χ1) is 8.25. The van der Waals surface area contributed by atoms with Crippen molar-refractivity contribution in [2.75, 3.05) is 19.6 Å². The van der Waals surface area contributed by atoms with E-state index < -0.39 is 0 Å². The van der Waals surface area contributed by atoms with Crippen molar-refractivity contribution in [1.82, 2.24) is 10.2 Å². The molecule has 1 atom stereocenters. The van der Waals surface area contributed by atoms with Crippen molar-refractivity contribution in [1.29, 1.82) is 0 Å². The van der Waals surface area contributed by atoms with Gasteiger partial charge in [0.1, 0.15) is 5.75 Å². The van der Waals surface area contributed by atoms with Gasteiger partial charge in [0.25, 0.3) is 0 Å². The molecular formula is C14H22N2O. The van der Waals surface area contributed by atoms with Gasteiger partial charge in [-0.3, -0.25) is 0 Å². The summed E-state index contributed by atoms with van der Waals surface area (Å²) in [5, 5.41) is 13.1. The molecule has 0 aromatic heterocycles. The monoisotopic (exact) mass is 234 g/mol. The van der Waals surface area contributed by atoms with Crippen molar-refractivity contribution in [2.45, 2.75) is 32.4 Å². The van der Waals surface area contributed by atoms with Gasteiger partial charge in [0, 0.05) is 24.7 Å². The molecule has 1 saturated heterocycles. The Morgan fingerprint density at radius 2 is 2.00 bits per heavy atom. The van der Waals surface area contributed by atoms with Gasteiger partial charge in [-0.25, -0.2) is 0 Å². The van der Waals surface area contributed by atoms with Gasteiger partial charge in [0.15, 0.2) is 0 Å². The average molecular weight is 234 g/mol. The summed E-state index contributed by atoms with van der Waals surface area (Å²) in [5.74, 6) is 0.383. The fourth-order valence-electron chi connectivity index (χ4n) is 2.36. The summed E-state index contributed by atoms with van der Waals surface area (Å²) < 4.78 is 0. The van der Waals surface area contributed by atoms with Crippen molar-refractivity contribution < 1.29 is 5.11 Å². The fraction of sp³-hybridized carbons (Fsp3) is 0.571. The third-order valence-corrected chi connectivity index (χ3v) is 3.36. The van der Waals surface area contributed by atoms with Gasteiger partial charge in [-0.05, 0) is 38.9 Å². The third-order valence-electron chi connectivity index (χ3n) is 3.36. The van der Waals surface area contributed by atoms with Crippen LogP contribution in [0.3, 0.4) is 0 Å². The highest BCUT2D eigenvalue weighted by Crippen LogP contribution is 2.15. The van der Waals surface area contributed by atoms with E-state index in [1.807, 2.05) is 18.2 Å². The molecule has 1 heterocycles. The first-order valence-corrected chi connectivity index (χ1v) is 6.48. The molecule has 1 aliphatic rings. The highest BCUT2D eigenvalue weighted by molar-refractivity contribution is 5.31. The molecule has 3 heteroatoms. The maximum Gasteiger partial charge on any atom is 0.120 e. The standard InChI is InChI=1S/C14H22N2O/c1-12(11-16-8-4-5-9-16)15-10-13-6-2-3-7-14(13)17/h2-3,6-7,12,15,17H,4-5,8-11H2,1H3. The van der Waals surface area contributed by atoms with Crippen LogP contribution in [-0.2, 0) is 6.54 Å². The van der Waals surface area contributed by atoms with E-state index in [0.717, 1.165) is 18.7 Å². The van der Waals surface area contributed by atoms with Crippen molar-refractivity contribution in [3.8, 4) is 5.75 Å². The first kappa shape index (κ1) is 12.4. The van der Waals surface area contributed by atoms with Crippen molar-refractivity contribution >= 4 is 0 Å². The predicted molar refractivity (Wildman–Crippen MR) is 70.1 cm³/mol. The summed E-state index contributed by atoms with van der Waals surface area (Å²) in [6, 6.07) is 7.98. The molecule has 0 bridgehead atoms. The van der Waals surface area contributed by atoms with Gasteiger partial charge in [0.05, 0.1) is 0 Å². The highest BCUT2D eigenvalue weighted by Gasteiger charge is 2.14. The Bertz CT molecular complexity index is 348. The van der Waals surface area contributed by atoms with Crippen molar-refractivity contribution in [3.05, 3.63) is 29.8 Å². The lowest BCUT2D eigenvalue weighted by Crippen LogP contribution is -2.37. The Balaban J connectivity index is 1.75. The summed E-state index contributed by atoms with van der Waals surface area (Å²) >= 11 is 0. The summed E-state index contributed by atoms with van der Waals surface area (Å²) in [6.07, 6.45) is 2.68.